The van der Waals surface area contributed by atoms with Gasteiger partial charge in [0.1, 0.15) is 5.82 Å². The highest BCUT2D eigenvalue weighted by Crippen LogP contribution is 2.34. The normalized spacial score (nSPS) is 13.9. The van der Waals surface area contributed by atoms with Crippen LogP contribution >= 0.6 is 0 Å². The number of sulfonamides is 1. The lowest BCUT2D eigenvalue weighted by Crippen LogP contribution is -2.41. The van der Waals surface area contributed by atoms with Gasteiger partial charge >= 0.3 is 0 Å². The number of halogens is 1. The molecule has 1 aliphatic rings. The Hall–Kier alpha value is -3.14. The first-order valence-corrected chi connectivity index (χ1v) is 12.0. The Labute approximate surface area is 191 Å². The van der Waals surface area contributed by atoms with Gasteiger partial charge in [-0.25, -0.2) is 17.5 Å². The van der Waals surface area contributed by atoms with E-state index in [2.05, 4.69) is 4.72 Å². The molecule has 0 fully saturated rings. The van der Waals surface area contributed by atoms with E-state index in [1.807, 2.05) is 19.0 Å². The fourth-order valence-corrected chi connectivity index (χ4v) is 5.18. The molecule has 1 aliphatic heterocycles. The number of nitrogens with zero attached hydrogens (tertiary/aromatic N) is 2. The monoisotopic (exact) mass is 469 g/mol. The topological polar surface area (TPSA) is 86.8 Å². The molecule has 0 saturated carbocycles. The molecule has 4 rings (SSSR count). The second kappa shape index (κ2) is 9.01. The minimum atomic E-state index is -3.97. The van der Waals surface area contributed by atoms with E-state index in [0.717, 1.165) is 6.54 Å². The fraction of sp³-hybridized carbons (Fsp3) is 0.250. The summed E-state index contributed by atoms with van der Waals surface area (Å²) in [6, 6.07) is 13.2. The van der Waals surface area contributed by atoms with Gasteiger partial charge in [0.25, 0.3) is 11.8 Å². The third-order valence-corrected chi connectivity index (χ3v) is 7.07. The van der Waals surface area contributed by atoms with Crippen molar-refractivity contribution < 1.29 is 22.4 Å². The predicted octanol–water partition coefficient (Wildman–Crippen LogP) is 3.01. The van der Waals surface area contributed by atoms with Crippen LogP contribution in [0.15, 0.2) is 59.5 Å². The van der Waals surface area contributed by atoms with Gasteiger partial charge in [-0.2, -0.15) is 0 Å². The molecule has 1 N–H and O–H groups in total. The van der Waals surface area contributed by atoms with E-state index in [4.69, 9.17) is 0 Å². The van der Waals surface area contributed by atoms with Crippen LogP contribution in [0, 0.1) is 5.82 Å². The second-order valence-corrected chi connectivity index (χ2v) is 9.94. The molecule has 172 valence electrons. The summed E-state index contributed by atoms with van der Waals surface area (Å²) in [6.07, 6.45) is 0.634. The van der Waals surface area contributed by atoms with Crippen LogP contribution in [0.3, 0.4) is 0 Å². The number of rotatable bonds is 8. The predicted molar refractivity (Wildman–Crippen MR) is 123 cm³/mol. The summed E-state index contributed by atoms with van der Waals surface area (Å²) < 4.78 is 41.8. The van der Waals surface area contributed by atoms with Crippen molar-refractivity contribution in [3.63, 3.8) is 0 Å². The lowest BCUT2D eigenvalue weighted by atomic mass is 9.94. The number of hydrogen-bond donors (Lipinski definition) is 1. The van der Waals surface area contributed by atoms with Crippen LogP contribution in [0.25, 0.3) is 10.8 Å². The summed E-state index contributed by atoms with van der Waals surface area (Å²) in [5.41, 5.74) is 1.21. The number of imide groups is 1. The second-order valence-electron chi connectivity index (χ2n) is 8.21. The number of carbonyl (C=O) groups is 2. The van der Waals surface area contributed by atoms with Crippen LogP contribution in [-0.4, -0.2) is 57.2 Å². The van der Waals surface area contributed by atoms with Gasteiger partial charge in [0, 0.05) is 35.0 Å². The third kappa shape index (κ3) is 4.52. The van der Waals surface area contributed by atoms with Crippen LogP contribution in [-0.2, 0) is 16.6 Å². The van der Waals surface area contributed by atoms with Gasteiger partial charge in [0.2, 0.25) is 10.0 Å². The maximum Gasteiger partial charge on any atom is 0.261 e. The van der Waals surface area contributed by atoms with Gasteiger partial charge in [0.05, 0.1) is 4.90 Å². The van der Waals surface area contributed by atoms with Gasteiger partial charge in [-0.15, -0.1) is 0 Å². The summed E-state index contributed by atoms with van der Waals surface area (Å²) in [4.78, 5) is 29.3. The highest BCUT2D eigenvalue weighted by molar-refractivity contribution is 7.89. The number of amides is 2. The summed E-state index contributed by atoms with van der Waals surface area (Å²) >= 11 is 0. The van der Waals surface area contributed by atoms with Crippen LogP contribution < -0.4 is 4.72 Å². The molecule has 0 spiro atoms. The molecule has 0 radical (unpaired) electrons. The summed E-state index contributed by atoms with van der Waals surface area (Å²) in [5, 5.41) is 0.660. The summed E-state index contributed by atoms with van der Waals surface area (Å²) in [6.45, 7) is 0.985. The molecule has 3 aromatic rings. The molecule has 0 bridgehead atoms. The number of nitrogens with one attached hydrogen (secondary N) is 1. The first-order chi connectivity index (χ1) is 15.7. The van der Waals surface area contributed by atoms with E-state index in [1.54, 1.807) is 18.2 Å². The molecule has 0 aliphatic carbocycles. The van der Waals surface area contributed by atoms with E-state index in [0.29, 0.717) is 33.9 Å². The Kier molecular flexibility index (Phi) is 6.29. The Morgan fingerprint density at radius 1 is 0.939 bits per heavy atom. The average molecular weight is 470 g/mol. The zero-order valence-electron chi connectivity index (χ0n) is 18.3. The molecular weight excluding hydrogens is 445 g/mol. The minimum Gasteiger partial charge on any atom is -0.309 e. The SMILES string of the molecule is CN(C)CCCN1C(=O)c2cccc3c(S(=O)(=O)NCc4ccc(F)cc4)ccc(c23)C1=O. The first kappa shape index (κ1) is 23.0. The van der Waals surface area contributed by atoms with E-state index in [1.165, 1.54) is 41.3 Å². The molecule has 0 aromatic heterocycles. The number of carbonyl (C=O) groups excluding carboxylic acids is 2. The van der Waals surface area contributed by atoms with Crippen molar-refractivity contribution in [3.05, 3.63) is 77.1 Å². The minimum absolute atomic E-state index is 0.0214. The molecule has 1 heterocycles. The molecule has 0 atom stereocenters. The van der Waals surface area contributed by atoms with Crippen molar-refractivity contribution in [1.82, 2.24) is 14.5 Å². The summed E-state index contributed by atoms with van der Waals surface area (Å²) in [7, 11) is -0.133. The van der Waals surface area contributed by atoms with Crippen LogP contribution in [0.2, 0.25) is 0 Å². The van der Waals surface area contributed by atoms with Crippen molar-refractivity contribution in [2.75, 3.05) is 27.2 Å². The smallest absolute Gasteiger partial charge is 0.261 e. The molecule has 9 heteroatoms. The molecule has 0 saturated heterocycles. The van der Waals surface area contributed by atoms with Crippen molar-refractivity contribution >= 4 is 32.6 Å². The van der Waals surface area contributed by atoms with Crippen molar-refractivity contribution in [2.24, 2.45) is 0 Å². The largest absolute Gasteiger partial charge is 0.309 e. The Balaban J connectivity index is 1.68. The standard InChI is InChI=1S/C24H24FN3O4S/c1-27(2)13-4-14-28-23(29)19-6-3-5-18-21(12-11-20(22(18)19)24(28)30)33(31,32)26-15-16-7-9-17(25)10-8-16/h3,5-12,26H,4,13-15H2,1-2H3. The average Bonchev–Trinajstić information content (AvgIpc) is 2.78. The molecule has 0 unspecified atom stereocenters. The highest BCUT2D eigenvalue weighted by atomic mass is 32.2. The van der Waals surface area contributed by atoms with Gasteiger partial charge in [-0.05, 0) is 63.0 Å². The first-order valence-electron chi connectivity index (χ1n) is 10.5. The zero-order chi connectivity index (χ0) is 23.8. The molecule has 33 heavy (non-hydrogen) atoms. The number of benzene rings is 3. The lowest BCUT2D eigenvalue weighted by molar-refractivity contribution is 0.0605. The van der Waals surface area contributed by atoms with Crippen LogP contribution in [0.5, 0.6) is 0 Å². The lowest BCUT2D eigenvalue weighted by Gasteiger charge is -2.28. The number of hydrogen-bond acceptors (Lipinski definition) is 5. The van der Waals surface area contributed by atoms with Crippen molar-refractivity contribution in [2.45, 2.75) is 17.9 Å². The van der Waals surface area contributed by atoms with Crippen LogP contribution in [0.1, 0.15) is 32.7 Å². The maximum absolute atomic E-state index is 13.1. The van der Waals surface area contributed by atoms with Crippen molar-refractivity contribution in [1.29, 1.82) is 0 Å². The third-order valence-electron chi connectivity index (χ3n) is 5.61. The quantitative estimate of drug-likeness (QED) is 0.513. The maximum atomic E-state index is 13.1. The Bertz CT molecular complexity index is 1320. The molecular formula is C24H24FN3O4S. The van der Waals surface area contributed by atoms with Gasteiger partial charge in [0.15, 0.2) is 0 Å². The Morgan fingerprint density at radius 2 is 1.61 bits per heavy atom. The highest BCUT2D eigenvalue weighted by Gasteiger charge is 2.34. The van der Waals surface area contributed by atoms with Gasteiger partial charge in [-0.1, -0.05) is 24.3 Å². The zero-order valence-corrected chi connectivity index (χ0v) is 19.2. The molecule has 7 nitrogen and oxygen atoms in total. The van der Waals surface area contributed by atoms with Gasteiger partial charge < -0.3 is 4.90 Å². The van der Waals surface area contributed by atoms with Crippen molar-refractivity contribution in [3.8, 4) is 0 Å². The van der Waals surface area contributed by atoms with E-state index >= 15 is 0 Å². The summed E-state index contributed by atoms with van der Waals surface area (Å²) in [5.74, 6) is -1.26. The van der Waals surface area contributed by atoms with Gasteiger partial charge in [-0.3, -0.25) is 14.5 Å². The van der Waals surface area contributed by atoms with E-state index in [-0.39, 0.29) is 18.0 Å². The molecule has 3 aromatic carbocycles. The Morgan fingerprint density at radius 3 is 2.27 bits per heavy atom. The van der Waals surface area contributed by atoms with Crippen LogP contribution in [0.4, 0.5) is 4.39 Å². The molecule has 2 amide bonds. The fourth-order valence-electron chi connectivity index (χ4n) is 3.96. The van der Waals surface area contributed by atoms with E-state index in [9.17, 15) is 22.4 Å². The van der Waals surface area contributed by atoms with E-state index < -0.39 is 27.7 Å².